The number of imidazole rings is 1. The van der Waals surface area contributed by atoms with Gasteiger partial charge in [0.1, 0.15) is 6.04 Å². The number of rotatable bonds is 3. The number of nitrogens with one attached hydrogen (secondary N) is 1. The van der Waals surface area contributed by atoms with Crippen LogP contribution in [-0.4, -0.2) is 33.6 Å². The summed E-state index contributed by atoms with van der Waals surface area (Å²) in [4.78, 5) is 26.5. The van der Waals surface area contributed by atoms with Crippen molar-refractivity contribution in [3.63, 3.8) is 0 Å². The molecular weight excluding hydrogens is 234 g/mol. The highest BCUT2D eigenvalue weighted by molar-refractivity contribution is 5.92. The van der Waals surface area contributed by atoms with E-state index in [1.807, 2.05) is 0 Å². The van der Waals surface area contributed by atoms with E-state index >= 15 is 0 Å². The summed E-state index contributed by atoms with van der Waals surface area (Å²) in [5.74, 6) is -1.12. The highest BCUT2D eigenvalue weighted by atomic mass is 16.4. The van der Waals surface area contributed by atoms with E-state index in [0.29, 0.717) is 5.52 Å². The fourth-order valence-electron chi connectivity index (χ4n) is 1.81. The van der Waals surface area contributed by atoms with Crippen molar-refractivity contribution in [3.8, 4) is 0 Å². The van der Waals surface area contributed by atoms with Crippen molar-refractivity contribution in [1.29, 1.82) is 0 Å². The van der Waals surface area contributed by atoms with Crippen LogP contribution in [0.4, 0.5) is 0 Å². The van der Waals surface area contributed by atoms with Gasteiger partial charge in [0.2, 0.25) is 5.91 Å². The molecule has 1 aromatic carbocycles. The number of hydrogen-bond acceptors (Lipinski definition) is 3. The Bertz CT molecular complexity index is 618. The minimum atomic E-state index is -0.995. The summed E-state index contributed by atoms with van der Waals surface area (Å²) in [5, 5.41) is 11.5. The number of aromatic carboxylic acids is 1. The summed E-state index contributed by atoms with van der Waals surface area (Å²) >= 11 is 0. The number of carboxylic acids is 1. The first kappa shape index (κ1) is 12.1. The van der Waals surface area contributed by atoms with Crippen molar-refractivity contribution in [1.82, 2.24) is 14.9 Å². The van der Waals surface area contributed by atoms with E-state index in [2.05, 4.69) is 10.3 Å². The van der Waals surface area contributed by atoms with Crippen LogP contribution in [0.1, 0.15) is 23.3 Å². The molecule has 0 bridgehead atoms. The second-order valence-electron chi connectivity index (χ2n) is 3.95. The SMILES string of the molecule is CNC(=O)C(C)n1cnc2cc(C(=O)O)ccc21. The molecule has 0 radical (unpaired) electrons. The van der Waals surface area contributed by atoms with Crippen molar-refractivity contribution < 1.29 is 14.7 Å². The van der Waals surface area contributed by atoms with Crippen LogP contribution in [0.2, 0.25) is 0 Å². The Morgan fingerprint density at radius 1 is 1.44 bits per heavy atom. The predicted octanol–water partition coefficient (Wildman–Crippen LogP) is 1.04. The van der Waals surface area contributed by atoms with Crippen LogP contribution >= 0.6 is 0 Å². The number of carbonyl (C=O) groups is 2. The molecule has 6 nitrogen and oxygen atoms in total. The number of amides is 1. The van der Waals surface area contributed by atoms with Crippen molar-refractivity contribution >= 4 is 22.9 Å². The van der Waals surface area contributed by atoms with E-state index in [1.54, 1.807) is 24.6 Å². The Hall–Kier alpha value is -2.37. The lowest BCUT2D eigenvalue weighted by Gasteiger charge is -2.12. The third-order valence-electron chi connectivity index (χ3n) is 2.86. The van der Waals surface area contributed by atoms with E-state index < -0.39 is 12.0 Å². The average molecular weight is 247 g/mol. The maximum absolute atomic E-state index is 11.6. The summed E-state index contributed by atoms with van der Waals surface area (Å²) in [6.07, 6.45) is 1.54. The van der Waals surface area contributed by atoms with Crippen LogP contribution in [0.5, 0.6) is 0 Å². The first-order valence-corrected chi connectivity index (χ1v) is 5.46. The molecule has 1 atom stereocenters. The van der Waals surface area contributed by atoms with Crippen molar-refractivity contribution in [2.75, 3.05) is 7.05 Å². The molecule has 1 heterocycles. The molecule has 1 unspecified atom stereocenters. The Morgan fingerprint density at radius 3 is 2.78 bits per heavy atom. The molecular formula is C12H13N3O3. The number of likely N-dealkylation sites (N-methyl/N-ethyl adjacent to an activating group) is 1. The van der Waals surface area contributed by atoms with Gasteiger partial charge in [-0.3, -0.25) is 4.79 Å². The van der Waals surface area contributed by atoms with Crippen molar-refractivity contribution in [3.05, 3.63) is 30.1 Å². The Kier molecular flexibility index (Phi) is 3.01. The molecule has 1 amide bonds. The number of carbonyl (C=O) groups excluding carboxylic acids is 1. The monoisotopic (exact) mass is 247 g/mol. The van der Waals surface area contributed by atoms with Gasteiger partial charge in [0, 0.05) is 7.05 Å². The molecule has 0 aliphatic heterocycles. The van der Waals surface area contributed by atoms with Crippen LogP contribution < -0.4 is 5.32 Å². The smallest absolute Gasteiger partial charge is 0.335 e. The molecule has 0 saturated carbocycles. The standard InChI is InChI=1S/C12H13N3O3/c1-7(11(16)13-2)15-6-14-9-5-8(12(17)18)3-4-10(9)15/h3-7H,1-2H3,(H,13,16)(H,17,18). The van der Waals surface area contributed by atoms with Crippen LogP contribution in [0.3, 0.4) is 0 Å². The third kappa shape index (κ3) is 1.92. The van der Waals surface area contributed by atoms with Gasteiger partial charge in [-0.15, -0.1) is 0 Å². The Balaban J connectivity index is 2.49. The number of carboxylic acid groups (broad SMARTS) is 1. The lowest BCUT2D eigenvalue weighted by atomic mass is 10.2. The molecule has 94 valence electrons. The molecule has 6 heteroatoms. The molecule has 2 N–H and O–H groups in total. The van der Waals surface area contributed by atoms with Crippen LogP contribution in [0, 0.1) is 0 Å². The minimum Gasteiger partial charge on any atom is -0.478 e. The zero-order valence-corrected chi connectivity index (χ0v) is 10.0. The van der Waals surface area contributed by atoms with E-state index in [9.17, 15) is 9.59 Å². The van der Waals surface area contributed by atoms with Gasteiger partial charge >= 0.3 is 5.97 Å². The van der Waals surface area contributed by atoms with Crippen molar-refractivity contribution in [2.45, 2.75) is 13.0 Å². The molecule has 0 aliphatic rings. The summed E-state index contributed by atoms with van der Waals surface area (Å²) < 4.78 is 1.71. The van der Waals surface area contributed by atoms with Gasteiger partial charge in [-0.25, -0.2) is 9.78 Å². The number of fused-ring (bicyclic) bond motifs is 1. The summed E-state index contributed by atoms with van der Waals surface area (Å²) in [6.45, 7) is 1.76. The molecule has 0 saturated heterocycles. The van der Waals surface area contributed by atoms with Gasteiger partial charge in [0.15, 0.2) is 0 Å². The lowest BCUT2D eigenvalue weighted by Crippen LogP contribution is -2.27. The fraction of sp³-hybridized carbons (Fsp3) is 0.250. The van der Waals surface area contributed by atoms with E-state index in [0.717, 1.165) is 5.52 Å². The molecule has 18 heavy (non-hydrogen) atoms. The zero-order valence-electron chi connectivity index (χ0n) is 10.0. The molecule has 1 aromatic heterocycles. The van der Waals surface area contributed by atoms with Crippen LogP contribution in [-0.2, 0) is 4.79 Å². The lowest BCUT2D eigenvalue weighted by molar-refractivity contribution is -0.123. The second kappa shape index (κ2) is 4.48. The first-order valence-electron chi connectivity index (χ1n) is 5.46. The van der Waals surface area contributed by atoms with E-state index in [4.69, 9.17) is 5.11 Å². The fourth-order valence-corrected chi connectivity index (χ4v) is 1.81. The highest BCUT2D eigenvalue weighted by Gasteiger charge is 2.16. The molecule has 0 fully saturated rings. The normalized spacial score (nSPS) is 12.3. The summed E-state index contributed by atoms with van der Waals surface area (Å²) in [6, 6.07) is 4.26. The van der Waals surface area contributed by atoms with Crippen LogP contribution in [0.25, 0.3) is 11.0 Å². The quantitative estimate of drug-likeness (QED) is 0.848. The minimum absolute atomic E-state index is 0.128. The highest BCUT2D eigenvalue weighted by Crippen LogP contribution is 2.19. The Labute approximate surface area is 103 Å². The van der Waals surface area contributed by atoms with Crippen molar-refractivity contribution in [2.24, 2.45) is 0 Å². The molecule has 2 aromatic rings. The Morgan fingerprint density at radius 2 is 2.17 bits per heavy atom. The second-order valence-corrected chi connectivity index (χ2v) is 3.95. The number of hydrogen-bond donors (Lipinski definition) is 2. The van der Waals surface area contributed by atoms with E-state index in [-0.39, 0.29) is 11.5 Å². The van der Waals surface area contributed by atoms with Gasteiger partial charge in [-0.2, -0.15) is 0 Å². The van der Waals surface area contributed by atoms with E-state index in [1.165, 1.54) is 18.5 Å². The summed E-state index contributed by atoms with van der Waals surface area (Å²) in [7, 11) is 1.57. The summed E-state index contributed by atoms with van der Waals surface area (Å²) in [5.41, 5.74) is 1.47. The van der Waals surface area contributed by atoms with Crippen LogP contribution in [0.15, 0.2) is 24.5 Å². The topological polar surface area (TPSA) is 84.2 Å². The van der Waals surface area contributed by atoms with Gasteiger partial charge in [0.25, 0.3) is 0 Å². The molecule has 0 aliphatic carbocycles. The first-order chi connectivity index (χ1) is 8.54. The third-order valence-corrected chi connectivity index (χ3v) is 2.86. The maximum Gasteiger partial charge on any atom is 0.335 e. The van der Waals surface area contributed by atoms with Gasteiger partial charge < -0.3 is 15.0 Å². The number of nitrogens with zero attached hydrogens (tertiary/aromatic N) is 2. The zero-order chi connectivity index (χ0) is 13.3. The maximum atomic E-state index is 11.6. The average Bonchev–Trinajstić information content (AvgIpc) is 2.79. The number of aromatic nitrogens is 2. The molecule has 2 rings (SSSR count). The van der Waals surface area contributed by atoms with Gasteiger partial charge in [-0.05, 0) is 25.1 Å². The van der Waals surface area contributed by atoms with Gasteiger partial charge in [0.05, 0.1) is 22.9 Å². The molecule has 0 spiro atoms. The van der Waals surface area contributed by atoms with Gasteiger partial charge in [-0.1, -0.05) is 0 Å². The predicted molar refractivity (Wildman–Crippen MR) is 65.5 cm³/mol. The number of benzene rings is 1. The largest absolute Gasteiger partial charge is 0.478 e.